The van der Waals surface area contributed by atoms with Gasteiger partial charge in [-0.2, -0.15) is 0 Å². The second-order valence-electron chi connectivity index (χ2n) is 2.29. The maximum Gasteiger partial charge on any atom is 0.150 e. The number of aryl methyl sites for hydroxylation is 1. The summed E-state index contributed by atoms with van der Waals surface area (Å²) in [6.45, 7) is 1.91. The summed E-state index contributed by atoms with van der Waals surface area (Å²) in [6, 6.07) is 5.27. The van der Waals surface area contributed by atoms with Crippen molar-refractivity contribution in [2.45, 2.75) is 6.92 Å². The van der Waals surface area contributed by atoms with Crippen molar-refractivity contribution in [1.29, 1.82) is 0 Å². The Kier molecular flexibility index (Phi) is 1.71. The van der Waals surface area contributed by atoms with Crippen molar-refractivity contribution in [1.82, 2.24) is 0 Å². The minimum atomic E-state index is 0.637. The van der Waals surface area contributed by atoms with Crippen LogP contribution in [-0.2, 0) is 0 Å². The van der Waals surface area contributed by atoms with Crippen LogP contribution in [0.15, 0.2) is 18.2 Å². The third kappa shape index (κ3) is 1.35. The third-order valence-corrected chi connectivity index (χ3v) is 1.26. The molecule has 0 unspecified atom stereocenters. The molecule has 0 spiro atoms. The molecule has 1 rings (SSSR count). The van der Waals surface area contributed by atoms with E-state index in [9.17, 15) is 4.79 Å². The van der Waals surface area contributed by atoms with Gasteiger partial charge in [-0.05, 0) is 30.7 Å². The molecular weight excluding hydrogens is 126 g/mol. The Morgan fingerprint density at radius 1 is 1.40 bits per heavy atom. The summed E-state index contributed by atoms with van der Waals surface area (Å²) in [6.07, 6.45) is 0.795. The van der Waals surface area contributed by atoms with E-state index in [1.807, 2.05) is 13.0 Å². The van der Waals surface area contributed by atoms with E-state index in [4.69, 9.17) is 5.73 Å². The summed E-state index contributed by atoms with van der Waals surface area (Å²) < 4.78 is 0. The molecule has 0 saturated heterocycles. The summed E-state index contributed by atoms with van der Waals surface area (Å²) in [5.74, 6) is 0. The maximum absolute atomic E-state index is 10.3. The molecule has 0 amide bonds. The van der Waals surface area contributed by atoms with Crippen LogP contribution in [0.2, 0.25) is 0 Å². The highest BCUT2D eigenvalue weighted by Crippen LogP contribution is 2.08. The molecule has 0 aromatic heterocycles. The molecule has 10 heavy (non-hydrogen) atoms. The van der Waals surface area contributed by atoms with Gasteiger partial charge in [0.25, 0.3) is 0 Å². The van der Waals surface area contributed by atoms with Crippen LogP contribution >= 0.6 is 0 Å². The number of aldehydes is 1. The van der Waals surface area contributed by atoms with Crippen molar-refractivity contribution < 1.29 is 4.79 Å². The van der Waals surface area contributed by atoms with Gasteiger partial charge in [0.05, 0.1) is 0 Å². The van der Waals surface area contributed by atoms with Gasteiger partial charge in [-0.1, -0.05) is 0 Å². The molecule has 1 aromatic rings. The average Bonchev–Trinajstić information content (AvgIpc) is 1.85. The second kappa shape index (κ2) is 2.52. The van der Waals surface area contributed by atoms with Gasteiger partial charge >= 0.3 is 0 Å². The summed E-state index contributed by atoms with van der Waals surface area (Å²) in [5.41, 5.74) is 7.77. The van der Waals surface area contributed by atoms with Gasteiger partial charge in [0.1, 0.15) is 6.29 Å². The fourth-order valence-corrected chi connectivity index (χ4v) is 0.911. The molecule has 2 nitrogen and oxygen atoms in total. The first kappa shape index (κ1) is 6.81. The van der Waals surface area contributed by atoms with Crippen LogP contribution in [0.5, 0.6) is 0 Å². The lowest BCUT2D eigenvalue weighted by Crippen LogP contribution is -1.88. The van der Waals surface area contributed by atoms with Gasteiger partial charge in [0.2, 0.25) is 0 Å². The number of benzene rings is 1. The SMILES string of the molecule is Cc1cc(N)cc(C=O)c1. The lowest BCUT2D eigenvalue weighted by Gasteiger charge is -1.96. The van der Waals surface area contributed by atoms with Gasteiger partial charge in [-0.15, -0.1) is 0 Å². The topological polar surface area (TPSA) is 43.1 Å². The molecule has 0 bridgehead atoms. The van der Waals surface area contributed by atoms with E-state index < -0.39 is 0 Å². The minimum absolute atomic E-state index is 0.637. The van der Waals surface area contributed by atoms with Crippen molar-refractivity contribution in [3.63, 3.8) is 0 Å². The van der Waals surface area contributed by atoms with Crippen LogP contribution in [0.4, 0.5) is 5.69 Å². The zero-order valence-corrected chi connectivity index (χ0v) is 5.79. The van der Waals surface area contributed by atoms with E-state index in [-0.39, 0.29) is 0 Å². The van der Waals surface area contributed by atoms with Crippen molar-refractivity contribution in [3.05, 3.63) is 29.3 Å². The number of carbonyl (C=O) groups is 1. The summed E-state index contributed by atoms with van der Waals surface area (Å²) in [7, 11) is 0. The minimum Gasteiger partial charge on any atom is -0.399 e. The highest BCUT2D eigenvalue weighted by atomic mass is 16.1. The fourth-order valence-electron chi connectivity index (χ4n) is 0.911. The standard InChI is InChI=1S/C8H9NO/c1-6-2-7(5-10)4-8(9)3-6/h2-5H,9H2,1H3. The monoisotopic (exact) mass is 135 g/mol. The van der Waals surface area contributed by atoms with Crippen LogP contribution in [0.1, 0.15) is 15.9 Å². The largest absolute Gasteiger partial charge is 0.399 e. The summed E-state index contributed by atoms with van der Waals surface area (Å²) >= 11 is 0. The van der Waals surface area contributed by atoms with Crippen molar-refractivity contribution >= 4 is 12.0 Å². The zero-order valence-electron chi connectivity index (χ0n) is 5.79. The number of nitrogen functional groups attached to an aromatic ring is 1. The number of carbonyl (C=O) groups excluding carboxylic acids is 1. The first-order valence-electron chi connectivity index (χ1n) is 3.05. The molecular formula is C8H9NO. The molecule has 0 aliphatic heterocycles. The van der Waals surface area contributed by atoms with Gasteiger partial charge < -0.3 is 5.73 Å². The number of hydrogen-bond acceptors (Lipinski definition) is 2. The Morgan fingerprint density at radius 2 is 2.10 bits per heavy atom. The van der Waals surface area contributed by atoms with Crippen LogP contribution in [0, 0.1) is 6.92 Å². The lowest BCUT2D eigenvalue weighted by atomic mass is 10.1. The Bertz CT molecular complexity index is 235. The van der Waals surface area contributed by atoms with Crippen molar-refractivity contribution in [2.75, 3.05) is 5.73 Å². The quantitative estimate of drug-likeness (QED) is 0.467. The molecule has 0 aliphatic rings. The van der Waals surface area contributed by atoms with E-state index in [1.54, 1.807) is 12.1 Å². The summed E-state index contributed by atoms with van der Waals surface area (Å²) in [4.78, 5) is 10.3. The van der Waals surface area contributed by atoms with Gasteiger partial charge in [-0.3, -0.25) is 4.79 Å². The highest BCUT2D eigenvalue weighted by molar-refractivity contribution is 5.77. The predicted molar refractivity (Wildman–Crippen MR) is 41.0 cm³/mol. The van der Waals surface area contributed by atoms with Gasteiger partial charge in [0.15, 0.2) is 0 Å². The molecule has 1 aromatic carbocycles. The zero-order chi connectivity index (χ0) is 7.56. The molecule has 0 heterocycles. The van der Waals surface area contributed by atoms with E-state index in [2.05, 4.69) is 0 Å². The number of rotatable bonds is 1. The van der Waals surface area contributed by atoms with Gasteiger partial charge in [-0.25, -0.2) is 0 Å². The maximum atomic E-state index is 10.3. The summed E-state index contributed by atoms with van der Waals surface area (Å²) in [5, 5.41) is 0. The average molecular weight is 135 g/mol. The number of hydrogen-bond donors (Lipinski definition) is 1. The van der Waals surface area contributed by atoms with Crippen LogP contribution in [-0.4, -0.2) is 6.29 Å². The van der Waals surface area contributed by atoms with E-state index in [0.29, 0.717) is 11.3 Å². The van der Waals surface area contributed by atoms with E-state index >= 15 is 0 Å². The fraction of sp³-hybridized carbons (Fsp3) is 0.125. The Hall–Kier alpha value is -1.31. The molecule has 52 valence electrons. The predicted octanol–water partition coefficient (Wildman–Crippen LogP) is 1.39. The Labute approximate surface area is 59.7 Å². The Morgan fingerprint density at radius 3 is 2.60 bits per heavy atom. The van der Waals surface area contributed by atoms with Crippen molar-refractivity contribution in [2.24, 2.45) is 0 Å². The van der Waals surface area contributed by atoms with E-state index in [1.165, 1.54) is 0 Å². The first-order chi connectivity index (χ1) is 4.72. The van der Waals surface area contributed by atoms with Crippen molar-refractivity contribution in [3.8, 4) is 0 Å². The first-order valence-corrected chi connectivity index (χ1v) is 3.05. The van der Waals surface area contributed by atoms with Crippen LogP contribution < -0.4 is 5.73 Å². The third-order valence-electron chi connectivity index (χ3n) is 1.26. The normalized spacial score (nSPS) is 9.30. The molecule has 0 saturated carbocycles. The van der Waals surface area contributed by atoms with Crippen LogP contribution in [0.3, 0.4) is 0 Å². The molecule has 0 radical (unpaired) electrons. The van der Waals surface area contributed by atoms with Crippen LogP contribution in [0.25, 0.3) is 0 Å². The lowest BCUT2D eigenvalue weighted by molar-refractivity contribution is 0.112. The van der Waals surface area contributed by atoms with E-state index in [0.717, 1.165) is 11.8 Å². The van der Waals surface area contributed by atoms with Gasteiger partial charge in [0, 0.05) is 11.3 Å². The highest BCUT2D eigenvalue weighted by Gasteiger charge is 1.92. The molecule has 2 heteroatoms. The molecule has 0 aliphatic carbocycles. The Balaban J connectivity index is 3.18. The number of anilines is 1. The molecule has 0 atom stereocenters. The second-order valence-corrected chi connectivity index (χ2v) is 2.29. The molecule has 2 N–H and O–H groups in total. The smallest absolute Gasteiger partial charge is 0.150 e. The number of nitrogens with two attached hydrogens (primary N) is 1. The molecule has 0 fully saturated rings.